The zero-order valence-corrected chi connectivity index (χ0v) is 14.5. The first-order chi connectivity index (χ1) is 10.0. The first kappa shape index (κ1) is 16.9. The summed E-state index contributed by atoms with van der Waals surface area (Å²) in [6, 6.07) is 11.4. The fraction of sp³-hybridized carbons (Fsp3) is 0.250. The van der Waals surface area contributed by atoms with Crippen molar-refractivity contribution in [1.82, 2.24) is 5.32 Å². The van der Waals surface area contributed by atoms with Gasteiger partial charge in [-0.2, -0.15) is 0 Å². The van der Waals surface area contributed by atoms with Gasteiger partial charge in [-0.25, -0.2) is 0 Å². The van der Waals surface area contributed by atoms with E-state index in [4.69, 9.17) is 46.4 Å². The van der Waals surface area contributed by atoms with E-state index < -0.39 is 0 Å². The van der Waals surface area contributed by atoms with Crippen molar-refractivity contribution in [3.8, 4) is 0 Å². The van der Waals surface area contributed by atoms with Crippen molar-refractivity contribution in [3.63, 3.8) is 0 Å². The lowest BCUT2D eigenvalue weighted by Gasteiger charge is -2.20. The molecule has 1 unspecified atom stereocenters. The van der Waals surface area contributed by atoms with Crippen molar-refractivity contribution in [2.75, 3.05) is 6.54 Å². The molecule has 1 atom stereocenters. The predicted molar refractivity (Wildman–Crippen MR) is 93.0 cm³/mol. The molecular formula is C16H15Cl4N. The Kier molecular flexibility index (Phi) is 6.21. The maximum atomic E-state index is 6.33. The largest absolute Gasteiger partial charge is 0.310 e. The minimum Gasteiger partial charge on any atom is -0.310 e. The van der Waals surface area contributed by atoms with Gasteiger partial charge in [-0.15, -0.1) is 0 Å². The second-order valence-corrected chi connectivity index (χ2v) is 6.31. The van der Waals surface area contributed by atoms with Crippen LogP contribution in [0.25, 0.3) is 0 Å². The number of rotatable bonds is 5. The van der Waals surface area contributed by atoms with Gasteiger partial charge in [0, 0.05) is 6.04 Å². The van der Waals surface area contributed by atoms with Gasteiger partial charge < -0.3 is 5.32 Å². The molecule has 1 nitrogen and oxygen atoms in total. The van der Waals surface area contributed by atoms with Gasteiger partial charge in [0.15, 0.2) is 0 Å². The average molecular weight is 363 g/mol. The number of hydrogen-bond donors (Lipinski definition) is 1. The van der Waals surface area contributed by atoms with Gasteiger partial charge in [0.2, 0.25) is 0 Å². The van der Waals surface area contributed by atoms with Gasteiger partial charge in [0.05, 0.1) is 20.1 Å². The van der Waals surface area contributed by atoms with E-state index in [1.54, 1.807) is 6.07 Å². The van der Waals surface area contributed by atoms with Gasteiger partial charge in [0.1, 0.15) is 0 Å². The summed E-state index contributed by atoms with van der Waals surface area (Å²) in [4.78, 5) is 0. The summed E-state index contributed by atoms with van der Waals surface area (Å²) in [7, 11) is 0. The predicted octanol–water partition coefficient (Wildman–Crippen LogP) is 6.19. The van der Waals surface area contributed by atoms with E-state index in [2.05, 4.69) is 12.2 Å². The number of likely N-dealkylation sites (N-methyl/N-ethyl adjacent to an activating group) is 1. The average Bonchev–Trinajstić information content (AvgIpc) is 2.45. The molecule has 0 saturated heterocycles. The van der Waals surface area contributed by atoms with Crippen LogP contribution in [0.3, 0.4) is 0 Å². The van der Waals surface area contributed by atoms with Crippen LogP contribution in [-0.4, -0.2) is 6.54 Å². The third-order valence-corrected chi connectivity index (χ3v) is 4.80. The molecule has 0 amide bonds. The molecule has 0 aliphatic carbocycles. The third-order valence-electron chi connectivity index (χ3n) is 3.23. The molecule has 0 fully saturated rings. The van der Waals surface area contributed by atoms with Crippen molar-refractivity contribution in [2.45, 2.75) is 19.4 Å². The Labute approximate surface area is 145 Å². The molecule has 0 radical (unpaired) electrons. The molecular weight excluding hydrogens is 348 g/mol. The normalized spacial score (nSPS) is 12.4. The van der Waals surface area contributed by atoms with Gasteiger partial charge in [-0.1, -0.05) is 71.5 Å². The summed E-state index contributed by atoms with van der Waals surface area (Å²) in [5.74, 6) is 0. The highest BCUT2D eigenvalue weighted by Gasteiger charge is 2.16. The molecule has 0 aromatic heterocycles. The molecule has 2 rings (SSSR count). The SMILES string of the molecule is CCNC(Cc1ccc(Cl)c(Cl)c1)c1cccc(Cl)c1Cl. The van der Waals surface area contributed by atoms with Gasteiger partial charge in [0.25, 0.3) is 0 Å². The smallest absolute Gasteiger partial charge is 0.0640 e. The second kappa shape index (κ2) is 7.71. The summed E-state index contributed by atoms with van der Waals surface area (Å²) in [5.41, 5.74) is 2.07. The van der Waals surface area contributed by atoms with Crippen LogP contribution in [0, 0.1) is 0 Å². The van der Waals surface area contributed by atoms with Crippen LogP contribution in [0.5, 0.6) is 0 Å². The Balaban J connectivity index is 2.30. The number of benzene rings is 2. The summed E-state index contributed by atoms with van der Waals surface area (Å²) < 4.78 is 0. The molecule has 21 heavy (non-hydrogen) atoms. The van der Waals surface area contributed by atoms with Crippen LogP contribution in [0.1, 0.15) is 24.1 Å². The summed E-state index contributed by atoms with van der Waals surface area (Å²) in [6.07, 6.45) is 0.755. The number of nitrogens with one attached hydrogen (secondary N) is 1. The molecule has 0 spiro atoms. The lowest BCUT2D eigenvalue weighted by molar-refractivity contribution is 0.550. The molecule has 5 heteroatoms. The highest BCUT2D eigenvalue weighted by Crippen LogP contribution is 2.32. The maximum absolute atomic E-state index is 6.33. The zero-order valence-electron chi connectivity index (χ0n) is 11.5. The van der Waals surface area contributed by atoms with Crippen LogP contribution < -0.4 is 5.32 Å². The first-order valence-corrected chi connectivity index (χ1v) is 8.15. The van der Waals surface area contributed by atoms with E-state index >= 15 is 0 Å². The minimum atomic E-state index is 0.0680. The highest BCUT2D eigenvalue weighted by atomic mass is 35.5. The molecule has 2 aromatic carbocycles. The third kappa shape index (κ3) is 4.28. The molecule has 0 aliphatic heterocycles. The molecule has 0 saturated carbocycles. The Morgan fingerprint density at radius 2 is 1.71 bits per heavy atom. The quantitative estimate of drug-likeness (QED) is 0.668. The van der Waals surface area contributed by atoms with Gasteiger partial charge >= 0.3 is 0 Å². The topological polar surface area (TPSA) is 12.0 Å². The zero-order chi connectivity index (χ0) is 15.4. The van der Waals surface area contributed by atoms with Crippen LogP contribution >= 0.6 is 46.4 Å². The molecule has 0 aliphatic rings. The minimum absolute atomic E-state index is 0.0680. The standard InChI is InChI=1S/C16H15Cl4N/c1-2-21-15(11-4-3-5-13(18)16(11)20)9-10-6-7-12(17)14(19)8-10/h3-8,15,21H,2,9H2,1H3. The lowest BCUT2D eigenvalue weighted by atomic mass is 9.98. The van der Waals surface area contributed by atoms with E-state index in [0.29, 0.717) is 20.1 Å². The van der Waals surface area contributed by atoms with Gasteiger partial charge in [-0.05, 0) is 42.3 Å². The second-order valence-electron chi connectivity index (χ2n) is 4.71. The molecule has 2 aromatic rings. The summed E-state index contributed by atoms with van der Waals surface area (Å²) in [5, 5.41) is 5.69. The van der Waals surface area contributed by atoms with Crippen LogP contribution in [0.15, 0.2) is 36.4 Å². The van der Waals surface area contributed by atoms with Crippen molar-refractivity contribution in [1.29, 1.82) is 0 Å². The summed E-state index contributed by atoms with van der Waals surface area (Å²) in [6.45, 7) is 2.88. The van der Waals surface area contributed by atoms with Crippen molar-refractivity contribution < 1.29 is 0 Å². The fourth-order valence-electron chi connectivity index (χ4n) is 2.23. The first-order valence-electron chi connectivity index (χ1n) is 6.64. The Morgan fingerprint density at radius 3 is 2.38 bits per heavy atom. The van der Waals surface area contributed by atoms with E-state index in [1.165, 1.54) is 0 Å². The van der Waals surface area contributed by atoms with E-state index in [9.17, 15) is 0 Å². The van der Waals surface area contributed by atoms with Crippen LogP contribution in [0.2, 0.25) is 20.1 Å². The van der Waals surface area contributed by atoms with E-state index in [0.717, 1.165) is 24.1 Å². The van der Waals surface area contributed by atoms with Gasteiger partial charge in [-0.3, -0.25) is 0 Å². The van der Waals surface area contributed by atoms with Crippen molar-refractivity contribution in [3.05, 3.63) is 67.6 Å². The van der Waals surface area contributed by atoms with Crippen molar-refractivity contribution >= 4 is 46.4 Å². The van der Waals surface area contributed by atoms with Crippen molar-refractivity contribution in [2.24, 2.45) is 0 Å². The molecule has 112 valence electrons. The highest BCUT2D eigenvalue weighted by molar-refractivity contribution is 6.42. The van der Waals surface area contributed by atoms with Crippen LogP contribution in [0.4, 0.5) is 0 Å². The Morgan fingerprint density at radius 1 is 0.952 bits per heavy atom. The van der Waals surface area contributed by atoms with E-state index in [-0.39, 0.29) is 6.04 Å². The Bertz CT molecular complexity index is 628. The molecule has 1 N–H and O–H groups in total. The van der Waals surface area contributed by atoms with E-state index in [1.807, 2.05) is 30.3 Å². The molecule has 0 heterocycles. The fourth-order valence-corrected chi connectivity index (χ4v) is 2.99. The Hall–Kier alpha value is -0.440. The number of halogens is 4. The lowest BCUT2D eigenvalue weighted by Crippen LogP contribution is -2.23. The summed E-state index contributed by atoms with van der Waals surface area (Å²) >= 11 is 24.5. The molecule has 0 bridgehead atoms. The maximum Gasteiger partial charge on any atom is 0.0640 e. The monoisotopic (exact) mass is 361 g/mol. The van der Waals surface area contributed by atoms with Crippen LogP contribution in [-0.2, 0) is 6.42 Å². The number of hydrogen-bond acceptors (Lipinski definition) is 1.